The van der Waals surface area contributed by atoms with Gasteiger partial charge in [-0.25, -0.2) is 0 Å². The van der Waals surface area contributed by atoms with Crippen molar-refractivity contribution in [3.8, 4) is 11.5 Å². The van der Waals surface area contributed by atoms with Crippen LogP contribution in [0.3, 0.4) is 0 Å². The number of nitrogens with one attached hydrogen (secondary N) is 2. The van der Waals surface area contributed by atoms with Gasteiger partial charge < -0.3 is 19.4 Å². The van der Waals surface area contributed by atoms with Crippen LogP contribution in [0.25, 0.3) is 10.9 Å². The third kappa shape index (κ3) is 2.63. The molecule has 0 saturated heterocycles. The maximum Gasteiger partial charge on any atom is 0.131 e. The topological polar surface area (TPSA) is 38.7 Å². The zero-order valence-electron chi connectivity index (χ0n) is 14.2. The average Bonchev–Trinajstić information content (AvgIpc) is 2.99. The SMILES string of the molecule is COc1ccc(C[NH+]2CCc3c([nH]c4ccccc34)C2)c(OC)c1. The van der Waals surface area contributed by atoms with Crippen LogP contribution in [-0.4, -0.2) is 25.7 Å². The fraction of sp³-hybridized carbons (Fsp3) is 0.300. The van der Waals surface area contributed by atoms with Gasteiger partial charge in [-0.1, -0.05) is 18.2 Å². The number of rotatable bonds is 4. The second-order valence-electron chi connectivity index (χ2n) is 6.41. The van der Waals surface area contributed by atoms with Crippen molar-refractivity contribution in [3.05, 3.63) is 59.3 Å². The summed E-state index contributed by atoms with van der Waals surface area (Å²) in [5.74, 6) is 1.74. The molecule has 3 aromatic rings. The predicted octanol–water partition coefficient (Wildman–Crippen LogP) is 2.33. The Labute approximate surface area is 142 Å². The maximum absolute atomic E-state index is 5.55. The standard InChI is InChI=1S/C20H22N2O2/c1-23-15-8-7-14(20(11-15)24-2)12-22-10-9-17-16-5-3-4-6-18(16)21-19(17)13-22/h3-8,11,21H,9-10,12-13H2,1-2H3/p+1. The molecule has 0 saturated carbocycles. The fourth-order valence-corrected chi connectivity index (χ4v) is 3.75. The number of hydrogen-bond acceptors (Lipinski definition) is 2. The van der Waals surface area contributed by atoms with Crippen LogP contribution in [0.5, 0.6) is 11.5 Å². The van der Waals surface area contributed by atoms with Gasteiger partial charge in [0.05, 0.1) is 26.5 Å². The first-order chi connectivity index (χ1) is 11.8. The van der Waals surface area contributed by atoms with Gasteiger partial charge >= 0.3 is 0 Å². The van der Waals surface area contributed by atoms with Crippen LogP contribution in [-0.2, 0) is 19.5 Å². The number of H-pyrrole nitrogens is 1. The van der Waals surface area contributed by atoms with Gasteiger partial charge in [0.1, 0.15) is 24.6 Å². The summed E-state index contributed by atoms with van der Waals surface area (Å²) >= 11 is 0. The highest BCUT2D eigenvalue weighted by Gasteiger charge is 2.24. The summed E-state index contributed by atoms with van der Waals surface area (Å²) in [6.45, 7) is 3.13. The van der Waals surface area contributed by atoms with Gasteiger partial charge in [0, 0.05) is 29.0 Å². The van der Waals surface area contributed by atoms with E-state index < -0.39 is 0 Å². The molecule has 4 nitrogen and oxygen atoms in total. The van der Waals surface area contributed by atoms with Crippen molar-refractivity contribution in [2.24, 2.45) is 0 Å². The second-order valence-corrected chi connectivity index (χ2v) is 6.41. The number of para-hydroxylation sites is 1. The third-order valence-electron chi connectivity index (χ3n) is 4.99. The predicted molar refractivity (Wildman–Crippen MR) is 94.8 cm³/mol. The number of methoxy groups -OCH3 is 2. The van der Waals surface area contributed by atoms with Crippen molar-refractivity contribution >= 4 is 10.9 Å². The number of fused-ring (bicyclic) bond motifs is 3. The average molecular weight is 323 g/mol. The Morgan fingerprint density at radius 3 is 2.79 bits per heavy atom. The quantitative estimate of drug-likeness (QED) is 0.773. The van der Waals surface area contributed by atoms with Crippen molar-refractivity contribution in [3.63, 3.8) is 0 Å². The molecule has 4 heteroatoms. The summed E-state index contributed by atoms with van der Waals surface area (Å²) in [6, 6.07) is 14.7. The Balaban J connectivity index is 1.57. The van der Waals surface area contributed by atoms with Gasteiger partial charge in [0.25, 0.3) is 0 Å². The van der Waals surface area contributed by atoms with E-state index in [0.717, 1.165) is 37.6 Å². The first-order valence-corrected chi connectivity index (χ1v) is 8.41. The molecule has 0 fully saturated rings. The number of aromatic amines is 1. The maximum atomic E-state index is 5.55. The number of benzene rings is 2. The molecule has 0 amide bonds. The van der Waals surface area contributed by atoms with Crippen LogP contribution in [0, 0.1) is 0 Å². The molecule has 2 N–H and O–H groups in total. The minimum absolute atomic E-state index is 0.835. The molecule has 0 spiro atoms. The van der Waals surface area contributed by atoms with E-state index in [0.29, 0.717) is 0 Å². The number of hydrogen-bond donors (Lipinski definition) is 2. The van der Waals surface area contributed by atoms with Crippen LogP contribution in [0.2, 0.25) is 0 Å². The molecule has 1 aromatic heterocycles. The molecule has 1 aliphatic rings. The van der Waals surface area contributed by atoms with Crippen LogP contribution in [0.1, 0.15) is 16.8 Å². The van der Waals surface area contributed by atoms with Crippen LogP contribution >= 0.6 is 0 Å². The van der Waals surface area contributed by atoms with E-state index >= 15 is 0 Å². The summed E-state index contributed by atoms with van der Waals surface area (Å²) in [4.78, 5) is 5.16. The number of aromatic nitrogens is 1. The normalized spacial score (nSPS) is 16.8. The molecule has 2 heterocycles. The molecule has 124 valence electrons. The van der Waals surface area contributed by atoms with E-state index in [4.69, 9.17) is 9.47 Å². The van der Waals surface area contributed by atoms with Gasteiger partial charge in [-0.05, 0) is 23.8 Å². The highest BCUT2D eigenvalue weighted by atomic mass is 16.5. The fourth-order valence-electron chi connectivity index (χ4n) is 3.75. The number of ether oxygens (including phenoxy) is 2. The summed E-state index contributed by atoms with van der Waals surface area (Å²) in [6.07, 6.45) is 1.12. The van der Waals surface area contributed by atoms with Gasteiger partial charge in [-0.3, -0.25) is 0 Å². The van der Waals surface area contributed by atoms with Gasteiger partial charge in [-0.15, -0.1) is 0 Å². The lowest BCUT2D eigenvalue weighted by Gasteiger charge is -2.25. The zero-order valence-corrected chi connectivity index (χ0v) is 14.2. The van der Waals surface area contributed by atoms with E-state index in [9.17, 15) is 0 Å². The van der Waals surface area contributed by atoms with E-state index in [1.807, 2.05) is 12.1 Å². The van der Waals surface area contributed by atoms with E-state index in [1.54, 1.807) is 19.1 Å². The summed E-state index contributed by atoms with van der Waals surface area (Å²) in [7, 11) is 3.40. The molecule has 1 aliphatic heterocycles. The Kier molecular flexibility index (Phi) is 3.90. The minimum atomic E-state index is 0.835. The Bertz CT molecular complexity index is 869. The summed E-state index contributed by atoms with van der Waals surface area (Å²) in [5.41, 5.74) is 5.36. The summed E-state index contributed by atoms with van der Waals surface area (Å²) in [5, 5.41) is 1.38. The lowest BCUT2D eigenvalue weighted by molar-refractivity contribution is -0.929. The highest BCUT2D eigenvalue weighted by molar-refractivity contribution is 5.84. The van der Waals surface area contributed by atoms with Crippen molar-refractivity contribution in [2.45, 2.75) is 19.5 Å². The highest BCUT2D eigenvalue weighted by Crippen LogP contribution is 2.26. The Morgan fingerprint density at radius 1 is 1.08 bits per heavy atom. The van der Waals surface area contributed by atoms with E-state index in [-0.39, 0.29) is 0 Å². The molecular weight excluding hydrogens is 300 g/mol. The lowest BCUT2D eigenvalue weighted by Crippen LogP contribution is -3.10. The number of quaternary nitrogens is 1. The molecule has 2 aromatic carbocycles. The smallest absolute Gasteiger partial charge is 0.131 e. The Morgan fingerprint density at radius 2 is 1.96 bits per heavy atom. The van der Waals surface area contributed by atoms with Crippen LogP contribution in [0.15, 0.2) is 42.5 Å². The zero-order chi connectivity index (χ0) is 16.5. The minimum Gasteiger partial charge on any atom is -0.497 e. The monoisotopic (exact) mass is 323 g/mol. The molecule has 24 heavy (non-hydrogen) atoms. The van der Waals surface area contributed by atoms with Crippen molar-refractivity contribution < 1.29 is 14.4 Å². The molecule has 0 bridgehead atoms. The van der Waals surface area contributed by atoms with E-state index in [1.165, 1.54) is 27.7 Å². The summed E-state index contributed by atoms with van der Waals surface area (Å²) < 4.78 is 10.8. The molecular formula is C20H23N2O2+. The lowest BCUT2D eigenvalue weighted by atomic mass is 10.0. The van der Waals surface area contributed by atoms with Gasteiger partial charge in [0.2, 0.25) is 0 Å². The molecule has 1 unspecified atom stereocenters. The third-order valence-corrected chi connectivity index (χ3v) is 4.99. The van der Waals surface area contributed by atoms with Crippen LogP contribution in [0.4, 0.5) is 0 Å². The van der Waals surface area contributed by atoms with Crippen molar-refractivity contribution in [1.82, 2.24) is 4.98 Å². The largest absolute Gasteiger partial charge is 0.497 e. The van der Waals surface area contributed by atoms with Crippen LogP contribution < -0.4 is 14.4 Å². The Hall–Kier alpha value is -2.46. The first-order valence-electron chi connectivity index (χ1n) is 8.41. The van der Waals surface area contributed by atoms with Gasteiger partial charge in [-0.2, -0.15) is 0 Å². The second kappa shape index (κ2) is 6.21. The first kappa shape index (κ1) is 15.1. The van der Waals surface area contributed by atoms with Crippen molar-refractivity contribution in [2.75, 3.05) is 20.8 Å². The van der Waals surface area contributed by atoms with E-state index in [2.05, 4.69) is 35.3 Å². The molecule has 0 aliphatic carbocycles. The van der Waals surface area contributed by atoms with Crippen molar-refractivity contribution in [1.29, 1.82) is 0 Å². The molecule has 4 rings (SSSR count). The van der Waals surface area contributed by atoms with Gasteiger partial charge in [0.15, 0.2) is 0 Å². The molecule has 0 radical (unpaired) electrons. The molecule has 1 atom stereocenters.